The Bertz CT molecular complexity index is 1460. The Morgan fingerprint density at radius 1 is 1.10 bits per heavy atom. The second-order valence-corrected chi connectivity index (χ2v) is 17.0. The van der Waals surface area contributed by atoms with Crippen molar-refractivity contribution in [2.75, 3.05) is 18.1 Å². The summed E-state index contributed by atoms with van der Waals surface area (Å²) in [6.07, 6.45) is 5.89. The lowest BCUT2D eigenvalue weighted by atomic mass is 9.89. The van der Waals surface area contributed by atoms with Gasteiger partial charge in [0, 0.05) is 35.8 Å². The maximum Gasteiger partial charge on any atom is 0.253 e. The van der Waals surface area contributed by atoms with E-state index in [1.165, 1.54) is 19.3 Å². The van der Waals surface area contributed by atoms with Gasteiger partial charge in [-0.05, 0) is 64.5 Å². The molecule has 1 saturated heterocycles. The fraction of sp³-hybridized carbons (Fsp3) is 0.571. The first-order chi connectivity index (χ1) is 18.1. The van der Waals surface area contributed by atoms with Crippen LogP contribution in [0.4, 0.5) is 0 Å². The zero-order valence-corrected chi connectivity index (χ0v) is 26.3. The summed E-state index contributed by atoms with van der Waals surface area (Å²) in [4.78, 5) is 13.6. The van der Waals surface area contributed by atoms with Gasteiger partial charge >= 0.3 is 0 Å². The molecular weight excluding hydrogens is 577 g/mol. The second kappa shape index (κ2) is 11.4. The van der Waals surface area contributed by atoms with Crippen molar-refractivity contribution in [2.24, 2.45) is 11.8 Å². The molecule has 0 bridgehead atoms. The van der Waals surface area contributed by atoms with Crippen LogP contribution < -0.4 is 10.0 Å². The minimum Gasteiger partial charge on any atom is -0.352 e. The number of nitrogens with zero attached hydrogens (tertiary/aromatic N) is 1. The first kappa shape index (κ1) is 30.4. The summed E-state index contributed by atoms with van der Waals surface area (Å²) in [6.45, 7) is 8.70. The van der Waals surface area contributed by atoms with Gasteiger partial charge < -0.3 is 9.88 Å². The van der Waals surface area contributed by atoms with Gasteiger partial charge in [0.05, 0.1) is 47.4 Å². The Balaban J connectivity index is 1.70. The van der Waals surface area contributed by atoms with Crippen molar-refractivity contribution in [3.8, 4) is 11.3 Å². The molecule has 0 radical (unpaired) electrons. The third-order valence-electron chi connectivity index (χ3n) is 7.46. The maximum atomic E-state index is 13.4. The van der Waals surface area contributed by atoms with Gasteiger partial charge in [-0.3, -0.25) is 4.79 Å². The highest BCUT2D eigenvalue weighted by atomic mass is 35.5. The van der Waals surface area contributed by atoms with Crippen LogP contribution in [0, 0.1) is 18.8 Å². The van der Waals surface area contributed by atoms with Gasteiger partial charge in [0.25, 0.3) is 5.91 Å². The van der Waals surface area contributed by atoms with Crippen molar-refractivity contribution in [1.82, 2.24) is 14.6 Å². The first-order valence-electron chi connectivity index (χ1n) is 13.4. The van der Waals surface area contributed by atoms with Crippen molar-refractivity contribution in [3.63, 3.8) is 0 Å². The first-order valence-corrected chi connectivity index (χ1v) is 17.7. The molecule has 1 unspecified atom stereocenters. The highest BCUT2D eigenvalue weighted by Crippen LogP contribution is 2.40. The summed E-state index contributed by atoms with van der Waals surface area (Å²) in [6, 6.07) is 5.32. The van der Waals surface area contributed by atoms with Gasteiger partial charge in [0.2, 0.25) is 0 Å². The Hall–Kier alpha value is -1.52. The standard InChI is InChI=1S/C28H39Cl2N3O4S2/c1-18-22(27(34)31-14-20-16-39(36,37)17-20)13-23(33(18)15-19-9-7-6-8-10-19)21-11-12-24(26(30)25(21)29)38(5,35)32-28(2,3)4/h11-13,19-20H,5-10,14-17H2,1-4H3,(H,31,34)(H,32,35). The fourth-order valence-electron chi connectivity index (χ4n) is 5.61. The van der Waals surface area contributed by atoms with Crippen LogP contribution in [0.15, 0.2) is 23.1 Å². The lowest BCUT2D eigenvalue weighted by Crippen LogP contribution is -2.44. The SMILES string of the molecule is C=S(=O)(NC(C)(C)C)c1ccc(-c2cc(C(=O)NCC3CS(=O)(=O)C3)c(C)n2CC2CCCCC2)c(Cl)c1Cl. The fourth-order valence-corrected chi connectivity index (χ4v) is 9.82. The number of sulfone groups is 1. The van der Waals surface area contributed by atoms with Gasteiger partial charge in [0.15, 0.2) is 9.84 Å². The summed E-state index contributed by atoms with van der Waals surface area (Å²) in [7, 11) is -5.87. The third kappa shape index (κ3) is 7.04. The van der Waals surface area contributed by atoms with E-state index in [-0.39, 0.29) is 33.4 Å². The molecule has 2 N–H and O–H groups in total. The van der Waals surface area contributed by atoms with Gasteiger partial charge in [-0.15, -0.1) is 0 Å². The average Bonchev–Trinajstić information content (AvgIpc) is 3.12. The molecule has 2 heterocycles. The molecule has 11 heteroatoms. The molecule has 1 saturated carbocycles. The highest BCUT2D eigenvalue weighted by Gasteiger charge is 2.34. The predicted molar refractivity (Wildman–Crippen MR) is 162 cm³/mol. The van der Waals surface area contributed by atoms with Crippen LogP contribution in [0.2, 0.25) is 10.0 Å². The largest absolute Gasteiger partial charge is 0.352 e. The van der Waals surface area contributed by atoms with Crippen LogP contribution in [0.5, 0.6) is 0 Å². The second-order valence-electron chi connectivity index (χ2n) is 12.1. The number of rotatable bonds is 8. The molecule has 2 aliphatic rings. The monoisotopic (exact) mass is 615 g/mol. The minimum absolute atomic E-state index is 0.0527. The van der Waals surface area contributed by atoms with E-state index in [1.807, 2.05) is 33.8 Å². The molecule has 216 valence electrons. The summed E-state index contributed by atoms with van der Waals surface area (Å²) in [5, 5.41) is 3.35. The predicted octanol–water partition coefficient (Wildman–Crippen LogP) is 5.50. The van der Waals surface area contributed by atoms with Gasteiger partial charge in [-0.2, -0.15) is 0 Å². The van der Waals surface area contributed by atoms with E-state index >= 15 is 0 Å². The van der Waals surface area contributed by atoms with Crippen LogP contribution in [0.1, 0.15) is 68.9 Å². The Morgan fingerprint density at radius 3 is 2.33 bits per heavy atom. The van der Waals surface area contributed by atoms with Crippen molar-refractivity contribution >= 4 is 54.5 Å². The zero-order chi connectivity index (χ0) is 28.8. The molecule has 1 amide bonds. The van der Waals surface area contributed by atoms with Crippen molar-refractivity contribution in [2.45, 2.75) is 76.8 Å². The number of benzene rings is 1. The molecule has 1 aliphatic heterocycles. The highest BCUT2D eigenvalue weighted by molar-refractivity contribution is 7.98. The normalized spacial score (nSPS) is 19.8. The Kier molecular flexibility index (Phi) is 8.89. The lowest BCUT2D eigenvalue weighted by Gasteiger charge is -2.26. The van der Waals surface area contributed by atoms with Gasteiger partial charge in [-0.25, -0.2) is 17.3 Å². The lowest BCUT2D eigenvalue weighted by molar-refractivity contribution is 0.0947. The van der Waals surface area contributed by atoms with E-state index in [2.05, 4.69) is 20.5 Å². The molecule has 2 aromatic rings. The molecule has 4 rings (SSSR count). The van der Waals surface area contributed by atoms with E-state index in [0.29, 0.717) is 28.5 Å². The third-order valence-corrected chi connectivity index (χ3v) is 12.4. The smallest absolute Gasteiger partial charge is 0.253 e. The number of amides is 1. The topological polar surface area (TPSA) is 97.3 Å². The van der Waals surface area contributed by atoms with Crippen LogP contribution in [0.3, 0.4) is 0 Å². The average molecular weight is 617 g/mol. The molecule has 1 aliphatic carbocycles. The molecular formula is C28H39Cl2N3O4S2. The summed E-state index contributed by atoms with van der Waals surface area (Å²) in [5.74, 6) is 4.32. The number of hydrogen-bond donors (Lipinski definition) is 2. The molecule has 2 fully saturated rings. The van der Waals surface area contributed by atoms with E-state index in [0.717, 1.165) is 30.8 Å². The molecule has 0 spiro atoms. The van der Waals surface area contributed by atoms with Crippen LogP contribution in [0.25, 0.3) is 11.3 Å². The van der Waals surface area contributed by atoms with Crippen molar-refractivity contribution in [3.05, 3.63) is 39.5 Å². The zero-order valence-electron chi connectivity index (χ0n) is 23.1. The van der Waals surface area contributed by atoms with E-state index < -0.39 is 25.1 Å². The van der Waals surface area contributed by atoms with Crippen molar-refractivity contribution < 1.29 is 17.4 Å². The van der Waals surface area contributed by atoms with Gasteiger partial charge in [0.1, 0.15) is 0 Å². The number of nitrogens with one attached hydrogen (secondary N) is 2. The minimum atomic E-state index is -2.95. The number of hydrogen-bond acceptors (Lipinski definition) is 4. The summed E-state index contributed by atoms with van der Waals surface area (Å²) in [5.41, 5.74) is 2.31. The molecule has 1 atom stereocenters. The molecule has 39 heavy (non-hydrogen) atoms. The summed E-state index contributed by atoms with van der Waals surface area (Å²) >= 11 is 13.6. The number of carbonyl (C=O) groups excluding carboxylic acids is 1. The van der Waals surface area contributed by atoms with Crippen LogP contribution in [-0.2, 0) is 26.1 Å². The molecule has 1 aromatic carbocycles. The van der Waals surface area contributed by atoms with Crippen LogP contribution >= 0.6 is 23.2 Å². The van der Waals surface area contributed by atoms with Crippen LogP contribution in [-0.4, -0.2) is 52.6 Å². The number of aromatic nitrogens is 1. The maximum absolute atomic E-state index is 13.4. The van der Waals surface area contributed by atoms with Gasteiger partial charge in [-0.1, -0.05) is 48.5 Å². The van der Waals surface area contributed by atoms with E-state index in [1.54, 1.807) is 12.1 Å². The Labute approximate surface area is 243 Å². The quantitative estimate of drug-likeness (QED) is 0.383. The number of carbonyl (C=O) groups is 1. The van der Waals surface area contributed by atoms with E-state index in [4.69, 9.17) is 23.2 Å². The Morgan fingerprint density at radius 2 is 1.74 bits per heavy atom. The summed E-state index contributed by atoms with van der Waals surface area (Å²) < 4.78 is 41.6. The number of halogens is 2. The molecule has 7 nitrogen and oxygen atoms in total. The van der Waals surface area contributed by atoms with Crippen molar-refractivity contribution in [1.29, 1.82) is 0 Å². The van der Waals surface area contributed by atoms with E-state index in [9.17, 15) is 17.4 Å². The molecule has 1 aromatic heterocycles.